The quantitative estimate of drug-likeness (QED) is 0.832. The molecule has 24 heavy (non-hydrogen) atoms. The molecule has 1 aromatic carbocycles. The molecule has 0 amide bonds. The average Bonchev–Trinajstić information content (AvgIpc) is 3.17. The Kier molecular flexibility index (Phi) is 4.76. The molecule has 2 atom stereocenters. The topological polar surface area (TPSA) is 84.2 Å². The molecule has 0 bridgehead atoms. The maximum absolute atomic E-state index is 12.6. The molecule has 2 N–H and O–H groups in total. The summed E-state index contributed by atoms with van der Waals surface area (Å²) in [7, 11) is -3.64. The molecule has 1 fully saturated rings. The Balaban J connectivity index is 1.74. The lowest BCUT2D eigenvalue weighted by molar-refractivity contribution is 0.127. The Bertz CT molecular complexity index is 788. The smallest absolute Gasteiger partial charge is 0.243 e. The number of aliphatic hydroxyl groups excluding tert-OH is 1. The van der Waals surface area contributed by atoms with Gasteiger partial charge in [0, 0.05) is 24.3 Å². The predicted octanol–water partition coefficient (Wildman–Crippen LogP) is 1.76. The summed E-state index contributed by atoms with van der Waals surface area (Å²) < 4.78 is 29.6. The first kappa shape index (κ1) is 17.1. The third kappa shape index (κ3) is 3.53. The molecule has 0 spiro atoms. The van der Waals surface area contributed by atoms with Gasteiger partial charge in [-0.15, -0.1) is 0 Å². The number of benzene rings is 1. The lowest BCUT2D eigenvalue weighted by Crippen LogP contribution is -2.44. The highest BCUT2D eigenvalue weighted by atomic mass is 32.2. The SMILES string of the molecule is CC1(CO)CCCC1NS(=O)(=O)c1cnn(Cc2ccccc2)c1. The van der Waals surface area contributed by atoms with E-state index >= 15 is 0 Å². The molecule has 130 valence electrons. The minimum Gasteiger partial charge on any atom is -0.396 e. The highest BCUT2D eigenvalue weighted by Gasteiger charge is 2.40. The first-order chi connectivity index (χ1) is 11.4. The van der Waals surface area contributed by atoms with Gasteiger partial charge in [-0.2, -0.15) is 5.10 Å². The largest absolute Gasteiger partial charge is 0.396 e. The summed E-state index contributed by atoms with van der Waals surface area (Å²) >= 11 is 0. The van der Waals surface area contributed by atoms with Gasteiger partial charge in [0.15, 0.2) is 0 Å². The molecule has 3 rings (SSSR count). The van der Waals surface area contributed by atoms with Gasteiger partial charge in [0.1, 0.15) is 4.90 Å². The summed E-state index contributed by atoms with van der Waals surface area (Å²) in [5.74, 6) is 0. The van der Waals surface area contributed by atoms with Crippen molar-refractivity contribution in [2.24, 2.45) is 5.41 Å². The fraction of sp³-hybridized carbons (Fsp3) is 0.471. The Morgan fingerprint density at radius 1 is 1.38 bits per heavy atom. The van der Waals surface area contributed by atoms with Crippen molar-refractivity contribution < 1.29 is 13.5 Å². The maximum Gasteiger partial charge on any atom is 0.243 e. The zero-order valence-corrected chi connectivity index (χ0v) is 14.5. The van der Waals surface area contributed by atoms with Gasteiger partial charge in [-0.3, -0.25) is 4.68 Å². The van der Waals surface area contributed by atoms with Crippen molar-refractivity contribution in [1.82, 2.24) is 14.5 Å². The van der Waals surface area contributed by atoms with Gasteiger partial charge in [-0.1, -0.05) is 43.7 Å². The van der Waals surface area contributed by atoms with Gasteiger partial charge in [-0.25, -0.2) is 13.1 Å². The van der Waals surface area contributed by atoms with Gasteiger partial charge in [0.25, 0.3) is 0 Å². The van der Waals surface area contributed by atoms with Crippen LogP contribution in [0.4, 0.5) is 0 Å². The maximum atomic E-state index is 12.6. The van der Waals surface area contributed by atoms with Crippen LogP contribution in [0.1, 0.15) is 31.7 Å². The molecular weight excluding hydrogens is 326 g/mol. The fourth-order valence-corrected chi connectivity index (χ4v) is 4.58. The molecule has 0 saturated heterocycles. The first-order valence-corrected chi connectivity index (χ1v) is 9.61. The van der Waals surface area contributed by atoms with E-state index in [-0.39, 0.29) is 17.5 Å². The number of nitrogens with zero attached hydrogens (tertiary/aromatic N) is 2. The highest BCUT2D eigenvalue weighted by Crippen LogP contribution is 2.38. The average molecular weight is 349 g/mol. The van der Waals surface area contributed by atoms with Crippen molar-refractivity contribution in [1.29, 1.82) is 0 Å². The van der Waals surface area contributed by atoms with Gasteiger partial charge >= 0.3 is 0 Å². The second kappa shape index (κ2) is 6.66. The van der Waals surface area contributed by atoms with Crippen molar-refractivity contribution in [3.63, 3.8) is 0 Å². The van der Waals surface area contributed by atoms with Crippen LogP contribution in [0.25, 0.3) is 0 Å². The molecule has 0 radical (unpaired) electrons. The van der Waals surface area contributed by atoms with Crippen molar-refractivity contribution in [3.05, 3.63) is 48.3 Å². The fourth-order valence-electron chi connectivity index (χ4n) is 3.22. The predicted molar refractivity (Wildman–Crippen MR) is 90.9 cm³/mol. The van der Waals surface area contributed by atoms with Crippen LogP contribution in [0.2, 0.25) is 0 Å². The van der Waals surface area contributed by atoms with E-state index in [2.05, 4.69) is 9.82 Å². The van der Waals surface area contributed by atoms with Crippen LogP contribution in [0.3, 0.4) is 0 Å². The summed E-state index contributed by atoms with van der Waals surface area (Å²) in [5, 5.41) is 13.7. The minimum absolute atomic E-state index is 0.0204. The Labute approximate surface area is 142 Å². The molecule has 2 aromatic rings. The Hall–Kier alpha value is -1.70. The summed E-state index contributed by atoms with van der Waals surface area (Å²) in [6, 6.07) is 9.51. The van der Waals surface area contributed by atoms with Crippen LogP contribution in [-0.2, 0) is 16.6 Å². The van der Waals surface area contributed by atoms with E-state index in [1.165, 1.54) is 6.20 Å². The normalized spacial score (nSPS) is 24.3. The van der Waals surface area contributed by atoms with E-state index in [4.69, 9.17) is 0 Å². The van der Waals surface area contributed by atoms with Gasteiger partial charge < -0.3 is 5.11 Å². The third-order valence-corrected chi connectivity index (χ3v) is 6.27. The second-order valence-corrected chi connectivity index (χ2v) is 8.45. The van der Waals surface area contributed by atoms with Crippen LogP contribution < -0.4 is 4.72 Å². The molecule has 1 aromatic heterocycles. The Morgan fingerprint density at radius 2 is 2.12 bits per heavy atom. The number of aromatic nitrogens is 2. The number of aliphatic hydroxyl groups is 1. The van der Waals surface area contributed by atoms with E-state index in [0.29, 0.717) is 6.54 Å². The molecule has 7 heteroatoms. The van der Waals surface area contributed by atoms with Crippen LogP contribution >= 0.6 is 0 Å². The van der Waals surface area contributed by atoms with Crippen LogP contribution in [0, 0.1) is 5.41 Å². The standard InChI is InChI=1S/C17H23N3O3S/c1-17(13-21)9-5-8-16(17)19-24(22,23)15-10-18-20(12-15)11-14-6-3-2-4-7-14/h2-4,6-7,10,12,16,19,21H,5,8-9,11,13H2,1H3. The van der Waals surface area contributed by atoms with E-state index in [1.54, 1.807) is 10.9 Å². The molecular formula is C17H23N3O3S. The molecule has 1 saturated carbocycles. The summed E-state index contributed by atoms with van der Waals surface area (Å²) in [6.07, 6.45) is 5.40. The molecule has 1 heterocycles. The zero-order valence-electron chi connectivity index (χ0n) is 13.7. The lowest BCUT2D eigenvalue weighted by Gasteiger charge is -2.29. The monoisotopic (exact) mass is 349 g/mol. The summed E-state index contributed by atoms with van der Waals surface area (Å²) in [4.78, 5) is 0.158. The van der Waals surface area contributed by atoms with E-state index in [9.17, 15) is 13.5 Å². The van der Waals surface area contributed by atoms with Crippen molar-refractivity contribution in [2.75, 3.05) is 6.61 Å². The van der Waals surface area contributed by atoms with Crippen LogP contribution in [-0.4, -0.2) is 36.0 Å². The van der Waals surface area contributed by atoms with Gasteiger partial charge in [0.05, 0.1) is 12.7 Å². The number of hydrogen-bond acceptors (Lipinski definition) is 4. The van der Waals surface area contributed by atoms with Gasteiger partial charge in [0.2, 0.25) is 10.0 Å². The first-order valence-electron chi connectivity index (χ1n) is 8.12. The van der Waals surface area contributed by atoms with Gasteiger partial charge in [-0.05, 0) is 18.4 Å². The number of nitrogens with one attached hydrogen (secondary N) is 1. The lowest BCUT2D eigenvalue weighted by atomic mass is 9.86. The van der Waals surface area contributed by atoms with E-state index < -0.39 is 15.4 Å². The molecule has 0 aliphatic heterocycles. The molecule has 1 aliphatic rings. The zero-order chi connectivity index (χ0) is 17.2. The third-order valence-electron chi connectivity index (χ3n) is 4.85. The molecule has 1 aliphatic carbocycles. The van der Waals surface area contributed by atoms with E-state index in [0.717, 1.165) is 24.8 Å². The van der Waals surface area contributed by atoms with Crippen molar-refractivity contribution >= 4 is 10.0 Å². The second-order valence-electron chi connectivity index (χ2n) is 6.74. The number of rotatable bonds is 6. The number of hydrogen-bond donors (Lipinski definition) is 2. The highest BCUT2D eigenvalue weighted by molar-refractivity contribution is 7.89. The van der Waals surface area contributed by atoms with Crippen LogP contribution in [0.15, 0.2) is 47.6 Å². The van der Waals surface area contributed by atoms with E-state index in [1.807, 2.05) is 37.3 Å². The van der Waals surface area contributed by atoms with Crippen molar-refractivity contribution in [2.45, 2.75) is 43.7 Å². The molecule has 6 nitrogen and oxygen atoms in total. The van der Waals surface area contributed by atoms with Crippen LogP contribution in [0.5, 0.6) is 0 Å². The molecule has 2 unspecified atom stereocenters. The summed E-state index contributed by atoms with van der Waals surface area (Å²) in [6.45, 7) is 2.42. The number of sulfonamides is 1. The Morgan fingerprint density at radius 3 is 2.83 bits per heavy atom. The summed E-state index contributed by atoms with van der Waals surface area (Å²) in [5.41, 5.74) is 0.661. The van der Waals surface area contributed by atoms with Crippen molar-refractivity contribution in [3.8, 4) is 0 Å². The minimum atomic E-state index is -3.64.